The Morgan fingerprint density at radius 1 is 1.41 bits per heavy atom. The van der Waals surface area contributed by atoms with Gasteiger partial charge in [-0.05, 0) is 31.1 Å². The molecule has 122 valence electrons. The second-order valence-corrected chi connectivity index (χ2v) is 5.68. The molecule has 0 saturated heterocycles. The van der Waals surface area contributed by atoms with Crippen molar-refractivity contribution in [2.24, 2.45) is 5.92 Å². The van der Waals surface area contributed by atoms with Crippen molar-refractivity contribution in [3.05, 3.63) is 30.2 Å². The summed E-state index contributed by atoms with van der Waals surface area (Å²) >= 11 is 0. The third-order valence-corrected chi connectivity index (χ3v) is 3.48. The first kappa shape index (κ1) is 18.0. The van der Waals surface area contributed by atoms with Crippen LogP contribution in [0.25, 0.3) is 6.08 Å². The first-order valence-corrected chi connectivity index (χ1v) is 7.30. The molecule has 22 heavy (non-hydrogen) atoms. The van der Waals surface area contributed by atoms with Crippen LogP contribution in [0, 0.1) is 5.92 Å². The molecule has 0 bridgehead atoms. The van der Waals surface area contributed by atoms with E-state index in [1.807, 2.05) is 13.8 Å². The zero-order chi connectivity index (χ0) is 16.6. The average Bonchev–Trinajstić information content (AvgIpc) is 2.96. The molecule has 1 rings (SSSR count). The minimum absolute atomic E-state index is 0.0410. The van der Waals surface area contributed by atoms with E-state index in [0.717, 1.165) is 0 Å². The van der Waals surface area contributed by atoms with Gasteiger partial charge in [0.15, 0.2) is 0 Å². The van der Waals surface area contributed by atoms with Crippen LogP contribution in [0.5, 0.6) is 0 Å². The summed E-state index contributed by atoms with van der Waals surface area (Å²) in [5, 5.41) is 15.3. The lowest BCUT2D eigenvalue weighted by Crippen LogP contribution is -2.44. The lowest BCUT2D eigenvalue weighted by molar-refractivity contribution is -0.122. The van der Waals surface area contributed by atoms with Crippen LogP contribution in [0.4, 0.5) is 0 Å². The monoisotopic (exact) mass is 308 g/mol. The van der Waals surface area contributed by atoms with Crippen molar-refractivity contribution in [2.75, 3.05) is 13.1 Å². The van der Waals surface area contributed by atoms with Crippen LogP contribution in [-0.4, -0.2) is 35.6 Å². The van der Waals surface area contributed by atoms with E-state index in [1.165, 1.54) is 12.3 Å². The maximum atomic E-state index is 11.6. The minimum Gasteiger partial charge on any atom is -0.465 e. The van der Waals surface area contributed by atoms with Crippen LogP contribution < -0.4 is 10.6 Å². The van der Waals surface area contributed by atoms with Crippen molar-refractivity contribution in [3.8, 4) is 0 Å². The molecule has 0 aliphatic carbocycles. The molecule has 1 atom stereocenters. The summed E-state index contributed by atoms with van der Waals surface area (Å²) in [6, 6.07) is 3.46. The Balaban J connectivity index is 2.21. The molecular weight excluding hydrogens is 284 g/mol. The van der Waals surface area contributed by atoms with Crippen LogP contribution in [-0.2, 0) is 9.59 Å². The summed E-state index contributed by atoms with van der Waals surface area (Å²) in [5.41, 5.74) is -0.940. The van der Waals surface area contributed by atoms with Gasteiger partial charge in [-0.15, -0.1) is 0 Å². The molecule has 1 aromatic heterocycles. The Morgan fingerprint density at radius 2 is 2.14 bits per heavy atom. The highest BCUT2D eigenvalue weighted by molar-refractivity contribution is 5.91. The molecule has 0 saturated carbocycles. The molecular formula is C16H24N2O4. The van der Waals surface area contributed by atoms with Crippen molar-refractivity contribution in [1.29, 1.82) is 0 Å². The third-order valence-electron chi connectivity index (χ3n) is 3.48. The van der Waals surface area contributed by atoms with Crippen molar-refractivity contribution in [2.45, 2.75) is 32.8 Å². The summed E-state index contributed by atoms with van der Waals surface area (Å²) < 4.78 is 5.06. The fourth-order valence-corrected chi connectivity index (χ4v) is 1.47. The van der Waals surface area contributed by atoms with Gasteiger partial charge in [0.2, 0.25) is 11.8 Å². The van der Waals surface area contributed by atoms with Gasteiger partial charge in [0.25, 0.3) is 0 Å². The fraction of sp³-hybridized carbons (Fsp3) is 0.500. The number of rotatable bonds is 8. The Hall–Kier alpha value is -2.08. The van der Waals surface area contributed by atoms with Gasteiger partial charge < -0.3 is 20.2 Å². The maximum Gasteiger partial charge on any atom is 0.244 e. The molecule has 0 fully saturated rings. The van der Waals surface area contributed by atoms with Gasteiger partial charge in [0.1, 0.15) is 5.76 Å². The maximum absolute atomic E-state index is 11.6. The molecule has 1 heterocycles. The predicted octanol–water partition coefficient (Wildman–Crippen LogP) is 1.32. The van der Waals surface area contributed by atoms with E-state index in [2.05, 4.69) is 10.6 Å². The zero-order valence-electron chi connectivity index (χ0n) is 13.3. The quantitative estimate of drug-likeness (QED) is 0.632. The van der Waals surface area contributed by atoms with Crippen molar-refractivity contribution in [1.82, 2.24) is 10.6 Å². The van der Waals surface area contributed by atoms with Crippen LogP contribution >= 0.6 is 0 Å². The zero-order valence-corrected chi connectivity index (χ0v) is 13.3. The molecule has 1 unspecified atom stereocenters. The van der Waals surface area contributed by atoms with Crippen molar-refractivity contribution >= 4 is 17.9 Å². The normalized spacial score (nSPS) is 14.0. The van der Waals surface area contributed by atoms with Gasteiger partial charge in [-0.25, -0.2) is 0 Å². The lowest BCUT2D eigenvalue weighted by atomic mass is 9.92. The Kier molecular flexibility index (Phi) is 6.85. The van der Waals surface area contributed by atoms with Crippen molar-refractivity contribution < 1.29 is 19.1 Å². The number of aliphatic hydroxyl groups is 1. The molecule has 0 spiro atoms. The molecule has 0 aliphatic heterocycles. The van der Waals surface area contributed by atoms with E-state index in [1.54, 1.807) is 25.1 Å². The van der Waals surface area contributed by atoms with Crippen LogP contribution in [0.15, 0.2) is 28.9 Å². The minimum atomic E-state index is -0.940. The van der Waals surface area contributed by atoms with E-state index in [-0.39, 0.29) is 37.2 Å². The van der Waals surface area contributed by atoms with E-state index in [9.17, 15) is 14.7 Å². The number of carbonyl (C=O) groups is 2. The number of hydrogen-bond acceptors (Lipinski definition) is 4. The second kappa shape index (κ2) is 8.38. The van der Waals surface area contributed by atoms with E-state index >= 15 is 0 Å². The van der Waals surface area contributed by atoms with Crippen LogP contribution in [0.3, 0.4) is 0 Å². The molecule has 0 radical (unpaired) electrons. The molecule has 0 aliphatic rings. The molecule has 0 aromatic carbocycles. The van der Waals surface area contributed by atoms with Gasteiger partial charge in [-0.2, -0.15) is 0 Å². The Bertz CT molecular complexity index is 504. The standard InChI is InChI=1S/C16H24N2O4/c1-12(2)16(3,21)11-18-15(20)8-9-17-14(19)7-6-13-5-4-10-22-13/h4-7,10,12,21H,8-9,11H2,1-3H3,(H,17,19)(H,18,20)/b7-6+. The van der Waals surface area contributed by atoms with E-state index in [4.69, 9.17) is 4.42 Å². The van der Waals surface area contributed by atoms with E-state index < -0.39 is 5.60 Å². The SMILES string of the molecule is CC(C)C(C)(O)CNC(=O)CCNC(=O)/C=C/c1ccco1. The number of amides is 2. The average molecular weight is 308 g/mol. The summed E-state index contributed by atoms with van der Waals surface area (Å²) in [6.45, 7) is 5.88. The first-order valence-electron chi connectivity index (χ1n) is 7.30. The summed E-state index contributed by atoms with van der Waals surface area (Å²) in [5.74, 6) is 0.123. The summed E-state index contributed by atoms with van der Waals surface area (Å²) in [7, 11) is 0. The topological polar surface area (TPSA) is 91.6 Å². The molecule has 6 heteroatoms. The molecule has 6 nitrogen and oxygen atoms in total. The highest BCUT2D eigenvalue weighted by Gasteiger charge is 2.25. The van der Waals surface area contributed by atoms with Gasteiger partial charge in [-0.3, -0.25) is 9.59 Å². The molecule has 3 N–H and O–H groups in total. The number of carbonyl (C=O) groups excluding carboxylic acids is 2. The van der Waals surface area contributed by atoms with Crippen LogP contribution in [0.1, 0.15) is 33.0 Å². The fourth-order valence-electron chi connectivity index (χ4n) is 1.47. The van der Waals surface area contributed by atoms with Gasteiger partial charge in [0.05, 0.1) is 11.9 Å². The van der Waals surface area contributed by atoms with Gasteiger partial charge >= 0.3 is 0 Å². The third kappa shape index (κ3) is 6.58. The van der Waals surface area contributed by atoms with Crippen LogP contribution in [0.2, 0.25) is 0 Å². The van der Waals surface area contributed by atoms with Crippen molar-refractivity contribution in [3.63, 3.8) is 0 Å². The number of nitrogens with one attached hydrogen (secondary N) is 2. The van der Waals surface area contributed by atoms with Gasteiger partial charge in [0, 0.05) is 25.6 Å². The lowest BCUT2D eigenvalue weighted by Gasteiger charge is -2.27. The van der Waals surface area contributed by atoms with E-state index in [0.29, 0.717) is 5.76 Å². The summed E-state index contributed by atoms with van der Waals surface area (Å²) in [4.78, 5) is 23.1. The Labute approximate surface area is 130 Å². The number of hydrogen-bond donors (Lipinski definition) is 3. The summed E-state index contributed by atoms with van der Waals surface area (Å²) in [6.07, 6.45) is 4.58. The highest BCUT2D eigenvalue weighted by Crippen LogP contribution is 2.14. The highest BCUT2D eigenvalue weighted by atomic mass is 16.3. The molecule has 1 aromatic rings. The first-order chi connectivity index (χ1) is 10.3. The Morgan fingerprint density at radius 3 is 2.73 bits per heavy atom. The van der Waals surface area contributed by atoms with Gasteiger partial charge in [-0.1, -0.05) is 13.8 Å². The predicted molar refractivity (Wildman–Crippen MR) is 83.8 cm³/mol. The molecule has 2 amide bonds. The second-order valence-electron chi connectivity index (χ2n) is 5.68. The smallest absolute Gasteiger partial charge is 0.244 e. The largest absolute Gasteiger partial charge is 0.465 e. The number of furan rings is 1.